The minimum Gasteiger partial charge on any atom is -0.496 e. The summed E-state index contributed by atoms with van der Waals surface area (Å²) in [6, 6.07) is 18.8. The molecule has 29 heavy (non-hydrogen) atoms. The number of methoxy groups -OCH3 is 1. The van der Waals surface area contributed by atoms with E-state index in [0.717, 1.165) is 17.1 Å². The van der Waals surface area contributed by atoms with Crippen molar-refractivity contribution >= 4 is 23.3 Å². The molecule has 0 saturated carbocycles. The number of nitrogens with zero attached hydrogens (tertiary/aromatic N) is 4. The van der Waals surface area contributed by atoms with E-state index in [9.17, 15) is 4.79 Å². The average molecular weight is 409 g/mol. The lowest BCUT2D eigenvalue weighted by atomic mass is 10.1. The van der Waals surface area contributed by atoms with Gasteiger partial charge in [-0.25, -0.2) is 0 Å². The molecule has 6 nitrogen and oxygen atoms in total. The van der Waals surface area contributed by atoms with Crippen molar-refractivity contribution in [2.75, 3.05) is 38.2 Å². The summed E-state index contributed by atoms with van der Waals surface area (Å²) in [4.78, 5) is 16.8. The fraction of sp³-hybridized carbons (Fsp3) is 0.227. The summed E-state index contributed by atoms with van der Waals surface area (Å²) >= 11 is 5.94. The SMILES string of the molecule is COc1ccccc1C(=O)N1CCN(c2ccc(-c3ccc(Cl)cc3)nn2)CC1. The summed E-state index contributed by atoms with van der Waals surface area (Å²) in [7, 11) is 1.58. The Morgan fingerprint density at radius 3 is 2.31 bits per heavy atom. The van der Waals surface area contributed by atoms with Crippen LogP contribution in [0.3, 0.4) is 0 Å². The van der Waals surface area contributed by atoms with E-state index < -0.39 is 0 Å². The smallest absolute Gasteiger partial charge is 0.257 e. The third kappa shape index (κ3) is 4.17. The van der Waals surface area contributed by atoms with Gasteiger partial charge in [0.2, 0.25) is 0 Å². The normalized spacial score (nSPS) is 14.0. The number of piperazine rings is 1. The van der Waals surface area contributed by atoms with Gasteiger partial charge in [0.1, 0.15) is 5.75 Å². The number of ether oxygens (including phenoxy) is 1. The van der Waals surface area contributed by atoms with E-state index in [1.54, 1.807) is 19.2 Å². The number of hydrogen-bond donors (Lipinski definition) is 0. The van der Waals surface area contributed by atoms with Crippen LogP contribution in [0.5, 0.6) is 5.75 Å². The van der Waals surface area contributed by atoms with Crippen LogP contribution in [0, 0.1) is 0 Å². The van der Waals surface area contributed by atoms with Crippen LogP contribution in [0.1, 0.15) is 10.4 Å². The highest BCUT2D eigenvalue weighted by Crippen LogP contribution is 2.23. The molecule has 1 aliphatic rings. The molecule has 1 fully saturated rings. The van der Waals surface area contributed by atoms with E-state index >= 15 is 0 Å². The van der Waals surface area contributed by atoms with E-state index in [1.165, 1.54) is 0 Å². The second kappa shape index (κ2) is 8.49. The first-order valence-corrected chi connectivity index (χ1v) is 9.80. The zero-order valence-electron chi connectivity index (χ0n) is 16.1. The van der Waals surface area contributed by atoms with E-state index in [2.05, 4.69) is 15.1 Å². The van der Waals surface area contributed by atoms with Gasteiger partial charge in [0, 0.05) is 36.8 Å². The molecule has 0 atom stereocenters. The summed E-state index contributed by atoms with van der Waals surface area (Å²) in [6.45, 7) is 2.65. The minimum absolute atomic E-state index is 0.00808. The number of halogens is 1. The first-order chi connectivity index (χ1) is 14.2. The third-order valence-electron chi connectivity index (χ3n) is 5.02. The highest BCUT2D eigenvalue weighted by molar-refractivity contribution is 6.30. The monoisotopic (exact) mass is 408 g/mol. The number of carbonyl (C=O) groups excluding carboxylic acids is 1. The summed E-state index contributed by atoms with van der Waals surface area (Å²) < 4.78 is 5.32. The highest BCUT2D eigenvalue weighted by Gasteiger charge is 2.24. The van der Waals surface area contributed by atoms with Crippen LogP contribution in [-0.2, 0) is 0 Å². The molecule has 1 saturated heterocycles. The molecule has 0 radical (unpaired) electrons. The number of hydrogen-bond acceptors (Lipinski definition) is 5. The molecule has 1 aromatic heterocycles. The Balaban J connectivity index is 1.40. The summed E-state index contributed by atoms with van der Waals surface area (Å²) in [5.74, 6) is 1.40. The predicted molar refractivity (Wildman–Crippen MR) is 114 cm³/mol. The third-order valence-corrected chi connectivity index (χ3v) is 5.27. The van der Waals surface area contributed by atoms with Crippen LogP contribution in [0.25, 0.3) is 11.3 Å². The lowest BCUT2D eigenvalue weighted by molar-refractivity contribution is 0.0743. The number of carbonyl (C=O) groups is 1. The van der Waals surface area contributed by atoms with Gasteiger partial charge in [-0.2, -0.15) is 0 Å². The van der Waals surface area contributed by atoms with Gasteiger partial charge in [0.15, 0.2) is 5.82 Å². The fourth-order valence-electron chi connectivity index (χ4n) is 3.40. The van der Waals surface area contributed by atoms with Gasteiger partial charge in [-0.3, -0.25) is 4.79 Å². The molecule has 3 aromatic rings. The van der Waals surface area contributed by atoms with E-state index in [1.807, 2.05) is 53.4 Å². The van der Waals surface area contributed by atoms with Crippen molar-refractivity contribution in [1.82, 2.24) is 15.1 Å². The molecule has 0 bridgehead atoms. The molecule has 2 aromatic carbocycles. The van der Waals surface area contributed by atoms with Gasteiger partial charge < -0.3 is 14.5 Å². The Kier molecular flexibility index (Phi) is 5.62. The molecule has 0 spiro atoms. The van der Waals surface area contributed by atoms with Crippen molar-refractivity contribution in [2.24, 2.45) is 0 Å². The molecule has 4 rings (SSSR count). The van der Waals surface area contributed by atoms with Gasteiger partial charge >= 0.3 is 0 Å². The van der Waals surface area contributed by atoms with Crippen molar-refractivity contribution in [3.05, 3.63) is 71.2 Å². The number of anilines is 1. The Morgan fingerprint density at radius 1 is 0.931 bits per heavy atom. The van der Waals surface area contributed by atoms with Crippen molar-refractivity contribution < 1.29 is 9.53 Å². The maximum atomic E-state index is 12.8. The van der Waals surface area contributed by atoms with Gasteiger partial charge in [-0.05, 0) is 36.4 Å². The zero-order valence-corrected chi connectivity index (χ0v) is 16.8. The number of para-hydroxylation sites is 1. The number of aromatic nitrogens is 2. The van der Waals surface area contributed by atoms with E-state index in [-0.39, 0.29) is 5.91 Å². The number of rotatable bonds is 4. The van der Waals surface area contributed by atoms with Crippen LogP contribution in [0.4, 0.5) is 5.82 Å². The molecule has 0 N–H and O–H groups in total. The topological polar surface area (TPSA) is 58.6 Å². The standard InChI is InChI=1S/C22H21ClN4O2/c1-29-20-5-3-2-4-18(20)22(28)27-14-12-26(13-15-27)21-11-10-19(24-25-21)16-6-8-17(23)9-7-16/h2-11H,12-15H2,1H3. The van der Waals surface area contributed by atoms with Crippen LogP contribution in [-0.4, -0.2) is 54.3 Å². The van der Waals surface area contributed by atoms with Crippen molar-refractivity contribution in [3.8, 4) is 17.0 Å². The summed E-state index contributed by atoms with van der Waals surface area (Å²) in [5.41, 5.74) is 2.37. The first kappa shape index (κ1) is 19.2. The minimum atomic E-state index is -0.00808. The molecule has 0 unspecified atom stereocenters. The predicted octanol–water partition coefficient (Wildman–Crippen LogP) is 3.77. The Labute approximate surface area is 174 Å². The fourth-order valence-corrected chi connectivity index (χ4v) is 3.52. The zero-order chi connectivity index (χ0) is 20.2. The van der Waals surface area contributed by atoms with Crippen molar-refractivity contribution in [2.45, 2.75) is 0 Å². The number of amides is 1. The molecule has 148 valence electrons. The van der Waals surface area contributed by atoms with Gasteiger partial charge in [0.05, 0.1) is 18.4 Å². The highest BCUT2D eigenvalue weighted by atomic mass is 35.5. The summed E-state index contributed by atoms with van der Waals surface area (Å²) in [6.07, 6.45) is 0. The van der Waals surface area contributed by atoms with Gasteiger partial charge in [-0.1, -0.05) is 35.9 Å². The number of benzene rings is 2. The maximum absolute atomic E-state index is 12.8. The van der Waals surface area contributed by atoms with Crippen LogP contribution in [0.15, 0.2) is 60.7 Å². The Morgan fingerprint density at radius 2 is 1.66 bits per heavy atom. The molecule has 0 aliphatic carbocycles. The second-order valence-corrected chi connectivity index (χ2v) is 7.20. The molecular weight excluding hydrogens is 388 g/mol. The van der Waals surface area contributed by atoms with Crippen molar-refractivity contribution in [1.29, 1.82) is 0 Å². The van der Waals surface area contributed by atoms with Crippen LogP contribution in [0.2, 0.25) is 5.02 Å². The largest absolute Gasteiger partial charge is 0.496 e. The van der Waals surface area contributed by atoms with Crippen LogP contribution < -0.4 is 9.64 Å². The van der Waals surface area contributed by atoms with Crippen molar-refractivity contribution in [3.63, 3.8) is 0 Å². The quantitative estimate of drug-likeness (QED) is 0.657. The Bertz CT molecular complexity index is 984. The molecule has 7 heteroatoms. The molecule has 1 amide bonds. The van der Waals surface area contributed by atoms with Gasteiger partial charge in [-0.15, -0.1) is 10.2 Å². The molecule has 1 aliphatic heterocycles. The first-order valence-electron chi connectivity index (χ1n) is 9.42. The van der Waals surface area contributed by atoms with Crippen LogP contribution >= 0.6 is 11.6 Å². The molecule has 2 heterocycles. The lowest BCUT2D eigenvalue weighted by Gasteiger charge is -2.35. The molecular formula is C22H21ClN4O2. The average Bonchev–Trinajstić information content (AvgIpc) is 2.79. The second-order valence-electron chi connectivity index (χ2n) is 6.76. The van der Waals surface area contributed by atoms with E-state index in [0.29, 0.717) is 42.5 Å². The van der Waals surface area contributed by atoms with E-state index in [4.69, 9.17) is 16.3 Å². The maximum Gasteiger partial charge on any atom is 0.257 e. The van der Waals surface area contributed by atoms with Gasteiger partial charge in [0.25, 0.3) is 5.91 Å². The summed E-state index contributed by atoms with van der Waals surface area (Å²) in [5, 5.41) is 9.42. The lowest BCUT2D eigenvalue weighted by Crippen LogP contribution is -2.49. The Hall–Kier alpha value is -3.12.